The predicted molar refractivity (Wildman–Crippen MR) is 69.6 cm³/mol. The van der Waals surface area contributed by atoms with Crippen molar-refractivity contribution in [3.63, 3.8) is 0 Å². The van der Waals surface area contributed by atoms with Gasteiger partial charge < -0.3 is 10.5 Å². The minimum absolute atomic E-state index is 0.451. The quantitative estimate of drug-likeness (QED) is 0.850. The van der Waals surface area contributed by atoms with Gasteiger partial charge in [0.2, 0.25) is 0 Å². The second-order valence-corrected chi connectivity index (χ2v) is 5.99. The maximum Gasteiger partial charge on any atom is 0.349 e. The van der Waals surface area contributed by atoms with E-state index in [2.05, 4.69) is 6.92 Å². The number of hydrogen-bond donors (Lipinski definition) is 1. The summed E-state index contributed by atoms with van der Waals surface area (Å²) in [5.41, 5.74) is 6.31. The van der Waals surface area contributed by atoms with Crippen LogP contribution < -0.4 is 5.73 Å². The van der Waals surface area contributed by atoms with Crippen LogP contribution in [0.2, 0.25) is 0 Å². The van der Waals surface area contributed by atoms with Crippen molar-refractivity contribution < 1.29 is 14.3 Å². The Balaban J connectivity index is 2.10. The van der Waals surface area contributed by atoms with E-state index in [1.165, 1.54) is 35.1 Å². The van der Waals surface area contributed by atoms with Crippen LogP contribution in [0, 0.1) is 5.92 Å². The molecule has 2 atom stereocenters. The molecule has 1 amide bonds. The lowest BCUT2D eigenvalue weighted by atomic mass is 9.90. The van der Waals surface area contributed by atoms with Crippen molar-refractivity contribution in [1.82, 2.24) is 0 Å². The number of carbonyl (C=O) groups excluding carboxylic acids is 2. The van der Waals surface area contributed by atoms with E-state index in [4.69, 9.17) is 10.5 Å². The number of ether oxygens (including phenoxy) is 1. The molecule has 0 bridgehead atoms. The summed E-state index contributed by atoms with van der Waals surface area (Å²) in [7, 11) is 0. The fraction of sp³-hybridized carbons (Fsp3) is 0.538. The molecular formula is C13H17NO3S. The van der Waals surface area contributed by atoms with E-state index >= 15 is 0 Å². The predicted octanol–water partition coefficient (Wildman–Crippen LogP) is 1.90. The molecule has 0 saturated carbocycles. The summed E-state index contributed by atoms with van der Waals surface area (Å²) in [6.07, 6.45) is 2.33. The summed E-state index contributed by atoms with van der Waals surface area (Å²) < 4.78 is 5.00. The molecule has 1 aromatic heterocycles. The average molecular weight is 267 g/mol. The minimum atomic E-state index is -0.879. The SMILES string of the molecule is C[C@H]1CCc2sc(C(=O)O[C@@H](C)C(N)=O)cc2C1. The molecule has 0 aromatic carbocycles. The van der Waals surface area contributed by atoms with Crippen molar-refractivity contribution in [3.8, 4) is 0 Å². The number of rotatable bonds is 3. The van der Waals surface area contributed by atoms with Gasteiger partial charge in [-0.1, -0.05) is 6.92 Å². The third-order valence-electron chi connectivity index (χ3n) is 3.21. The van der Waals surface area contributed by atoms with Crippen molar-refractivity contribution >= 4 is 23.2 Å². The van der Waals surface area contributed by atoms with Gasteiger partial charge in [-0.25, -0.2) is 4.79 Å². The van der Waals surface area contributed by atoms with Crippen molar-refractivity contribution in [2.24, 2.45) is 11.7 Å². The van der Waals surface area contributed by atoms with Gasteiger partial charge in [0.15, 0.2) is 6.10 Å². The Morgan fingerprint density at radius 3 is 2.94 bits per heavy atom. The number of thiophene rings is 1. The molecule has 0 fully saturated rings. The molecule has 2 rings (SSSR count). The van der Waals surface area contributed by atoms with Gasteiger partial charge in [-0.2, -0.15) is 0 Å². The lowest BCUT2D eigenvalue weighted by molar-refractivity contribution is -0.125. The minimum Gasteiger partial charge on any atom is -0.448 e. The van der Waals surface area contributed by atoms with Crippen molar-refractivity contribution in [1.29, 1.82) is 0 Å². The fourth-order valence-electron chi connectivity index (χ4n) is 2.08. The molecule has 1 aromatic rings. The van der Waals surface area contributed by atoms with Gasteiger partial charge in [-0.3, -0.25) is 4.79 Å². The molecule has 1 aliphatic rings. The molecular weight excluding hydrogens is 250 g/mol. The molecule has 0 saturated heterocycles. The first-order valence-electron chi connectivity index (χ1n) is 6.09. The molecule has 0 aliphatic heterocycles. The molecule has 18 heavy (non-hydrogen) atoms. The molecule has 0 radical (unpaired) electrons. The Morgan fingerprint density at radius 1 is 1.56 bits per heavy atom. The van der Waals surface area contributed by atoms with Gasteiger partial charge in [0.05, 0.1) is 0 Å². The van der Waals surface area contributed by atoms with Gasteiger partial charge in [-0.05, 0) is 43.7 Å². The van der Waals surface area contributed by atoms with Gasteiger partial charge in [0.1, 0.15) is 4.88 Å². The van der Waals surface area contributed by atoms with Crippen LogP contribution in [-0.2, 0) is 22.4 Å². The Labute approximate surface area is 110 Å². The standard InChI is InChI=1S/C13H17NO3S/c1-7-3-4-10-9(5-7)6-11(18-10)13(16)17-8(2)12(14)15/h6-8H,3-5H2,1-2H3,(H2,14,15)/t7-,8-/m0/s1. The average Bonchev–Trinajstić information content (AvgIpc) is 2.71. The highest BCUT2D eigenvalue weighted by atomic mass is 32.1. The molecule has 4 nitrogen and oxygen atoms in total. The molecule has 0 spiro atoms. The fourth-order valence-corrected chi connectivity index (χ4v) is 3.17. The second-order valence-electron chi connectivity index (χ2n) is 4.86. The maximum absolute atomic E-state index is 11.8. The van der Waals surface area contributed by atoms with Crippen LogP contribution in [0.15, 0.2) is 6.07 Å². The van der Waals surface area contributed by atoms with Gasteiger partial charge in [0.25, 0.3) is 5.91 Å². The van der Waals surface area contributed by atoms with Crippen LogP contribution in [0.5, 0.6) is 0 Å². The molecule has 1 aliphatic carbocycles. The van der Waals surface area contributed by atoms with Crippen LogP contribution in [-0.4, -0.2) is 18.0 Å². The Bertz CT molecular complexity index is 481. The Hall–Kier alpha value is -1.36. The third kappa shape index (κ3) is 2.72. The molecule has 98 valence electrons. The number of aryl methyl sites for hydroxylation is 1. The first-order chi connectivity index (χ1) is 8.47. The normalized spacial score (nSPS) is 20.0. The molecule has 5 heteroatoms. The summed E-state index contributed by atoms with van der Waals surface area (Å²) in [5.74, 6) is -0.410. The van der Waals surface area contributed by atoms with Crippen LogP contribution in [0.4, 0.5) is 0 Å². The van der Waals surface area contributed by atoms with Crippen molar-refractivity contribution in [3.05, 3.63) is 21.4 Å². The van der Waals surface area contributed by atoms with Gasteiger partial charge in [-0.15, -0.1) is 11.3 Å². The zero-order valence-corrected chi connectivity index (χ0v) is 11.4. The third-order valence-corrected chi connectivity index (χ3v) is 4.43. The number of primary amides is 1. The smallest absolute Gasteiger partial charge is 0.349 e. The highest BCUT2D eigenvalue weighted by Crippen LogP contribution is 2.32. The largest absolute Gasteiger partial charge is 0.448 e. The number of carbonyl (C=O) groups is 2. The lowest BCUT2D eigenvalue weighted by Gasteiger charge is -2.16. The number of hydrogen-bond acceptors (Lipinski definition) is 4. The summed E-state index contributed by atoms with van der Waals surface area (Å²) in [4.78, 5) is 24.5. The first-order valence-corrected chi connectivity index (χ1v) is 6.91. The molecule has 2 N–H and O–H groups in total. The zero-order valence-electron chi connectivity index (χ0n) is 10.6. The zero-order chi connectivity index (χ0) is 13.3. The van der Waals surface area contributed by atoms with E-state index in [-0.39, 0.29) is 0 Å². The van der Waals surface area contributed by atoms with Gasteiger partial charge >= 0.3 is 5.97 Å². The monoisotopic (exact) mass is 267 g/mol. The highest BCUT2D eigenvalue weighted by molar-refractivity contribution is 7.14. The Kier molecular flexibility index (Phi) is 3.71. The number of amides is 1. The van der Waals surface area contributed by atoms with Crippen LogP contribution in [0.25, 0.3) is 0 Å². The number of nitrogens with two attached hydrogens (primary N) is 1. The molecule has 0 unspecified atom stereocenters. The van der Waals surface area contributed by atoms with E-state index < -0.39 is 18.0 Å². The van der Waals surface area contributed by atoms with E-state index in [0.29, 0.717) is 10.8 Å². The van der Waals surface area contributed by atoms with Crippen LogP contribution in [0.1, 0.15) is 40.4 Å². The maximum atomic E-state index is 11.8. The van der Waals surface area contributed by atoms with Crippen molar-refractivity contribution in [2.75, 3.05) is 0 Å². The van der Waals surface area contributed by atoms with Crippen LogP contribution >= 0.6 is 11.3 Å². The van der Waals surface area contributed by atoms with Crippen LogP contribution in [0.3, 0.4) is 0 Å². The van der Waals surface area contributed by atoms with Crippen molar-refractivity contribution in [2.45, 2.75) is 39.2 Å². The van der Waals surface area contributed by atoms with E-state index in [0.717, 1.165) is 12.8 Å². The Morgan fingerprint density at radius 2 is 2.28 bits per heavy atom. The molecule has 1 heterocycles. The number of fused-ring (bicyclic) bond motifs is 1. The summed E-state index contributed by atoms with van der Waals surface area (Å²) in [6, 6.07) is 1.89. The van der Waals surface area contributed by atoms with Gasteiger partial charge in [0, 0.05) is 4.88 Å². The summed E-state index contributed by atoms with van der Waals surface area (Å²) >= 11 is 1.47. The first kappa shape index (κ1) is 13.1. The van der Waals surface area contributed by atoms with E-state index in [1.807, 2.05) is 6.07 Å². The topological polar surface area (TPSA) is 69.4 Å². The number of esters is 1. The summed E-state index contributed by atoms with van der Waals surface area (Å²) in [5, 5.41) is 0. The lowest BCUT2D eigenvalue weighted by Crippen LogP contribution is -2.30. The highest BCUT2D eigenvalue weighted by Gasteiger charge is 2.23. The van der Waals surface area contributed by atoms with E-state index in [1.54, 1.807) is 0 Å². The summed E-state index contributed by atoms with van der Waals surface area (Å²) in [6.45, 7) is 3.70. The van der Waals surface area contributed by atoms with E-state index in [9.17, 15) is 9.59 Å². The second kappa shape index (κ2) is 5.10.